The highest BCUT2D eigenvalue weighted by atomic mass is 16.6. The maximum atomic E-state index is 12.1. The van der Waals surface area contributed by atoms with Gasteiger partial charge in [-0.3, -0.25) is 9.47 Å². The van der Waals surface area contributed by atoms with E-state index in [1.165, 1.54) is 4.57 Å². The highest BCUT2D eigenvalue weighted by Gasteiger charge is 2.56. The Hall–Kier alpha value is -3.07. The molecule has 3 aliphatic rings. The van der Waals surface area contributed by atoms with Gasteiger partial charge < -0.3 is 20.5 Å². The van der Waals surface area contributed by atoms with E-state index >= 15 is 0 Å². The highest BCUT2D eigenvalue weighted by molar-refractivity contribution is 5.67. The van der Waals surface area contributed by atoms with Crippen molar-refractivity contribution in [2.24, 2.45) is 17.8 Å². The summed E-state index contributed by atoms with van der Waals surface area (Å²) in [4.78, 5) is 30.3. The first-order chi connectivity index (χ1) is 15.7. The lowest BCUT2D eigenvalue weighted by atomic mass is 10.0. The van der Waals surface area contributed by atoms with E-state index in [9.17, 15) is 9.59 Å². The molecule has 0 spiro atoms. The molecule has 4 atom stereocenters. The van der Waals surface area contributed by atoms with E-state index in [1.807, 2.05) is 39.0 Å². The first kappa shape index (κ1) is 21.8. The monoisotopic (exact) mass is 453 g/mol. The summed E-state index contributed by atoms with van der Waals surface area (Å²) in [5.41, 5.74) is 6.57. The van der Waals surface area contributed by atoms with Crippen molar-refractivity contribution in [1.29, 1.82) is 0 Å². The summed E-state index contributed by atoms with van der Waals surface area (Å²) in [6, 6.07) is 7.79. The van der Waals surface area contributed by atoms with Gasteiger partial charge in [0, 0.05) is 37.9 Å². The van der Waals surface area contributed by atoms with E-state index in [-0.39, 0.29) is 11.9 Å². The predicted molar refractivity (Wildman–Crippen MR) is 124 cm³/mol. The molecule has 1 amide bonds. The number of nitrogens with zero attached hydrogens (tertiary/aromatic N) is 3. The van der Waals surface area contributed by atoms with E-state index in [2.05, 4.69) is 15.2 Å². The van der Waals surface area contributed by atoms with Gasteiger partial charge in [0.1, 0.15) is 23.8 Å². The lowest BCUT2D eigenvalue weighted by Crippen LogP contribution is -2.44. The van der Waals surface area contributed by atoms with Crippen LogP contribution in [0.25, 0.3) is 5.69 Å². The molecule has 1 aromatic carbocycles. The second-order valence-electron chi connectivity index (χ2n) is 10.3. The van der Waals surface area contributed by atoms with Gasteiger partial charge in [-0.2, -0.15) is 4.98 Å². The van der Waals surface area contributed by atoms with E-state index in [0.29, 0.717) is 42.6 Å². The number of alkyl carbamates (subject to hydrolysis) is 1. The van der Waals surface area contributed by atoms with Crippen molar-refractivity contribution in [1.82, 2.24) is 19.8 Å². The number of hydrogen-bond acceptors (Lipinski definition) is 7. The van der Waals surface area contributed by atoms with Crippen LogP contribution < -0.4 is 21.5 Å². The zero-order chi connectivity index (χ0) is 23.3. The average molecular weight is 454 g/mol. The third-order valence-corrected chi connectivity index (χ3v) is 6.84. The largest absolute Gasteiger partial charge is 0.492 e. The number of ether oxygens (including phenoxy) is 2. The molecule has 176 valence electrons. The van der Waals surface area contributed by atoms with Crippen molar-refractivity contribution in [2.45, 2.75) is 38.8 Å². The topological polar surface area (TPSA) is 112 Å². The highest BCUT2D eigenvalue weighted by Crippen LogP contribution is 2.52. The minimum Gasteiger partial charge on any atom is -0.492 e. The molecular weight excluding hydrogens is 422 g/mol. The molecule has 2 aromatic rings. The van der Waals surface area contributed by atoms with Crippen LogP contribution in [0.5, 0.6) is 5.75 Å². The number of aromatic nitrogens is 2. The first-order valence-electron chi connectivity index (χ1n) is 11.5. The maximum absolute atomic E-state index is 12.1. The quantitative estimate of drug-likeness (QED) is 0.726. The normalized spacial score (nSPS) is 26.2. The Morgan fingerprint density at radius 3 is 2.73 bits per heavy atom. The summed E-state index contributed by atoms with van der Waals surface area (Å²) >= 11 is 0. The lowest BCUT2D eigenvalue weighted by molar-refractivity contribution is 0.0521. The maximum Gasteiger partial charge on any atom is 0.407 e. The van der Waals surface area contributed by atoms with Crippen LogP contribution in [0.1, 0.15) is 26.3 Å². The van der Waals surface area contributed by atoms with Crippen LogP contribution in [-0.4, -0.2) is 58.4 Å². The van der Waals surface area contributed by atoms with Gasteiger partial charge in [0.25, 0.3) is 0 Å². The number of hydrogen-bond donors (Lipinski definition) is 2. The molecule has 1 saturated heterocycles. The molecule has 2 fully saturated rings. The fourth-order valence-electron chi connectivity index (χ4n) is 5.14. The number of amides is 1. The van der Waals surface area contributed by atoms with Gasteiger partial charge in [0.05, 0.1) is 5.69 Å². The van der Waals surface area contributed by atoms with Crippen LogP contribution in [0, 0.1) is 17.8 Å². The Morgan fingerprint density at radius 1 is 1.27 bits per heavy atom. The third kappa shape index (κ3) is 4.55. The van der Waals surface area contributed by atoms with Crippen LogP contribution in [0.4, 0.5) is 10.6 Å². The van der Waals surface area contributed by atoms with Crippen molar-refractivity contribution in [3.05, 3.63) is 46.5 Å². The van der Waals surface area contributed by atoms with Gasteiger partial charge >= 0.3 is 11.8 Å². The summed E-state index contributed by atoms with van der Waals surface area (Å²) in [5, 5.41) is 2.92. The molecule has 9 heteroatoms. The number of carbonyl (C=O) groups excluding carboxylic acids is 1. The number of fused-ring (bicyclic) bond motifs is 2. The molecule has 9 nitrogen and oxygen atoms in total. The Morgan fingerprint density at radius 2 is 2.03 bits per heavy atom. The molecule has 2 aliphatic heterocycles. The predicted octanol–water partition coefficient (Wildman–Crippen LogP) is 1.82. The van der Waals surface area contributed by atoms with Crippen LogP contribution in [0.15, 0.2) is 35.3 Å². The van der Waals surface area contributed by atoms with Crippen LogP contribution >= 0.6 is 0 Å². The van der Waals surface area contributed by atoms with Crippen molar-refractivity contribution >= 4 is 11.9 Å². The zero-order valence-corrected chi connectivity index (χ0v) is 19.3. The first-order valence-corrected chi connectivity index (χ1v) is 11.5. The Balaban J connectivity index is 1.15. The van der Waals surface area contributed by atoms with Crippen molar-refractivity contribution in [3.8, 4) is 11.4 Å². The fraction of sp³-hybridized carbons (Fsp3) is 0.542. The van der Waals surface area contributed by atoms with E-state index < -0.39 is 11.3 Å². The van der Waals surface area contributed by atoms with Crippen LogP contribution in [-0.2, 0) is 11.2 Å². The van der Waals surface area contributed by atoms with Crippen molar-refractivity contribution in [3.63, 3.8) is 0 Å². The summed E-state index contributed by atoms with van der Waals surface area (Å²) < 4.78 is 12.9. The van der Waals surface area contributed by atoms with Crippen LogP contribution in [0.3, 0.4) is 0 Å². The Kier molecular flexibility index (Phi) is 5.31. The molecule has 33 heavy (non-hydrogen) atoms. The minimum absolute atomic E-state index is 0.208. The second kappa shape index (κ2) is 8.06. The number of rotatable bonds is 4. The molecule has 5 rings (SSSR count). The summed E-state index contributed by atoms with van der Waals surface area (Å²) in [6.07, 6.45) is 2.21. The molecular formula is C24H31N5O4. The molecule has 1 aromatic heterocycles. The summed E-state index contributed by atoms with van der Waals surface area (Å²) in [6.45, 7) is 9.01. The van der Waals surface area contributed by atoms with Crippen molar-refractivity contribution in [2.75, 3.05) is 32.0 Å². The molecule has 0 radical (unpaired) electrons. The number of nitrogens with two attached hydrogens (primary N) is 1. The van der Waals surface area contributed by atoms with Crippen molar-refractivity contribution < 1.29 is 14.3 Å². The number of carbonyl (C=O) groups is 1. The summed E-state index contributed by atoms with van der Waals surface area (Å²) in [5.74, 6) is 2.83. The molecule has 1 aliphatic carbocycles. The van der Waals surface area contributed by atoms with E-state index in [0.717, 1.165) is 30.8 Å². The Labute approximate surface area is 192 Å². The molecule has 3 N–H and O–H groups in total. The smallest absolute Gasteiger partial charge is 0.407 e. The van der Waals surface area contributed by atoms with E-state index in [4.69, 9.17) is 15.2 Å². The number of nitrogens with one attached hydrogen (secondary N) is 1. The lowest BCUT2D eigenvalue weighted by Gasteiger charge is -2.34. The number of piperidine rings is 1. The number of nitrogen functional groups attached to an aromatic ring is 1. The Bertz CT molecular complexity index is 1110. The SMILES string of the molecule is CC(C)(C)OC(=O)NCC1[C@H]2CN(C3COc4cc(-n5ccc(N)nc5=O)ccc4C3)C[C@@H]12. The second-order valence-corrected chi connectivity index (χ2v) is 10.3. The molecule has 1 saturated carbocycles. The molecule has 3 heterocycles. The third-order valence-electron chi connectivity index (χ3n) is 6.84. The average Bonchev–Trinajstić information content (AvgIpc) is 3.19. The molecule has 0 bridgehead atoms. The number of anilines is 1. The van der Waals surface area contributed by atoms with Gasteiger partial charge in [-0.1, -0.05) is 6.07 Å². The van der Waals surface area contributed by atoms with Gasteiger partial charge in [-0.05, 0) is 62.6 Å². The van der Waals surface area contributed by atoms with Gasteiger partial charge in [-0.25, -0.2) is 9.59 Å². The number of benzene rings is 1. The van der Waals surface area contributed by atoms with Crippen LogP contribution in [0.2, 0.25) is 0 Å². The standard InChI is InChI=1S/C24H31N5O4/c1-24(2,3)33-23(31)26-10-17-18-11-28(12-19(17)18)16-8-14-4-5-15(9-20(14)32-13-16)29-7-6-21(25)27-22(29)30/h4-7,9,16-19H,8,10-13H2,1-3H3,(H,26,31)(H2,25,27,30)/t16?,17?,18-,19+. The van der Waals surface area contributed by atoms with Gasteiger partial charge in [0.2, 0.25) is 0 Å². The van der Waals surface area contributed by atoms with E-state index in [1.54, 1.807) is 12.3 Å². The summed E-state index contributed by atoms with van der Waals surface area (Å²) in [7, 11) is 0. The van der Waals surface area contributed by atoms with Gasteiger partial charge in [0.15, 0.2) is 0 Å². The zero-order valence-electron chi connectivity index (χ0n) is 19.3. The molecule has 2 unspecified atom stereocenters. The van der Waals surface area contributed by atoms with Gasteiger partial charge in [-0.15, -0.1) is 0 Å². The number of likely N-dealkylation sites (tertiary alicyclic amines) is 1. The minimum atomic E-state index is -0.472. The fourth-order valence-corrected chi connectivity index (χ4v) is 5.14.